The average molecular weight is 350 g/mol. The topological polar surface area (TPSA) is 105 Å². The minimum absolute atomic E-state index is 0.0375. The highest BCUT2D eigenvalue weighted by atomic mass is 32.2. The molecule has 0 atom stereocenters. The number of pyridine rings is 1. The Hall–Kier alpha value is -2.26. The molecular formula is C15H18N4O4S. The summed E-state index contributed by atoms with van der Waals surface area (Å²) < 4.78 is 25.3. The molecule has 2 aromatic rings. The lowest BCUT2D eigenvalue weighted by Crippen LogP contribution is -2.44. The molecule has 9 heteroatoms. The minimum atomic E-state index is -3.21. The van der Waals surface area contributed by atoms with Gasteiger partial charge < -0.3 is 4.90 Å². The van der Waals surface area contributed by atoms with Crippen LogP contribution in [0.4, 0.5) is 11.4 Å². The standard InChI is InChI=1S/C15H18N4O4S/c1-24(22,23)17-11-6-9-18(10-7-11)14-5-4-13(19(20)21)12-3-2-8-16-15(12)14/h2-5,8,11,17H,6-7,9-10H2,1H3. The van der Waals surface area contributed by atoms with Crippen LogP contribution in [0.25, 0.3) is 10.9 Å². The van der Waals surface area contributed by atoms with Crippen molar-refractivity contribution in [3.8, 4) is 0 Å². The Bertz CT molecular complexity index is 876. The number of hydrogen-bond acceptors (Lipinski definition) is 6. The van der Waals surface area contributed by atoms with E-state index >= 15 is 0 Å². The van der Waals surface area contributed by atoms with Crippen LogP contribution in [0.3, 0.4) is 0 Å². The summed E-state index contributed by atoms with van der Waals surface area (Å²) in [5, 5.41) is 11.7. The van der Waals surface area contributed by atoms with E-state index in [1.54, 1.807) is 24.4 Å². The van der Waals surface area contributed by atoms with Crippen LogP contribution in [0.2, 0.25) is 0 Å². The molecule has 3 rings (SSSR count). The van der Waals surface area contributed by atoms with Gasteiger partial charge in [-0.25, -0.2) is 13.1 Å². The van der Waals surface area contributed by atoms with Gasteiger partial charge in [0.05, 0.1) is 22.3 Å². The van der Waals surface area contributed by atoms with E-state index in [9.17, 15) is 18.5 Å². The van der Waals surface area contributed by atoms with Crippen molar-refractivity contribution in [1.29, 1.82) is 0 Å². The summed E-state index contributed by atoms with van der Waals surface area (Å²) in [6, 6.07) is 6.52. The summed E-state index contributed by atoms with van der Waals surface area (Å²) in [7, 11) is -3.21. The number of non-ortho nitro benzene ring substituents is 1. The van der Waals surface area contributed by atoms with Crippen molar-refractivity contribution in [3.05, 3.63) is 40.6 Å². The van der Waals surface area contributed by atoms with Crippen LogP contribution < -0.4 is 9.62 Å². The predicted molar refractivity (Wildman–Crippen MR) is 91.6 cm³/mol. The van der Waals surface area contributed by atoms with E-state index in [2.05, 4.69) is 14.6 Å². The van der Waals surface area contributed by atoms with Gasteiger partial charge in [0.25, 0.3) is 5.69 Å². The number of sulfonamides is 1. The zero-order chi connectivity index (χ0) is 17.3. The number of aromatic nitrogens is 1. The lowest BCUT2D eigenvalue weighted by Gasteiger charge is -2.33. The van der Waals surface area contributed by atoms with Crippen molar-refractivity contribution in [1.82, 2.24) is 9.71 Å². The number of nitro groups is 1. The van der Waals surface area contributed by atoms with Crippen LogP contribution in [-0.4, -0.2) is 43.7 Å². The van der Waals surface area contributed by atoms with Gasteiger partial charge in [-0.3, -0.25) is 15.1 Å². The summed E-state index contributed by atoms with van der Waals surface area (Å²) in [5.74, 6) is 0. The third-order valence-corrected chi connectivity index (χ3v) is 4.90. The van der Waals surface area contributed by atoms with E-state index in [0.717, 1.165) is 11.9 Å². The summed E-state index contributed by atoms with van der Waals surface area (Å²) in [6.45, 7) is 1.33. The lowest BCUT2D eigenvalue weighted by molar-refractivity contribution is -0.383. The molecule has 0 unspecified atom stereocenters. The Balaban J connectivity index is 1.87. The van der Waals surface area contributed by atoms with Crippen molar-refractivity contribution >= 4 is 32.3 Å². The molecule has 0 amide bonds. The number of benzene rings is 1. The second-order valence-electron chi connectivity index (χ2n) is 5.91. The van der Waals surface area contributed by atoms with Crippen LogP contribution in [0.15, 0.2) is 30.5 Å². The second-order valence-corrected chi connectivity index (χ2v) is 7.69. The molecule has 2 heterocycles. The van der Waals surface area contributed by atoms with Crippen LogP contribution in [0.1, 0.15) is 12.8 Å². The van der Waals surface area contributed by atoms with Gasteiger partial charge in [-0.2, -0.15) is 0 Å². The molecule has 0 bridgehead atoms. The van der Waals surface area contributed by atoms with Crippen LogP contribution in [-0.2, 0) is 10.0 Å². The Labute approximate surface area is 139 Å². The molecule has 8 nitrogen and oxygen atoms in total. The van der Waals surface area contributed by atoms with Crippen LogP contribution >= 0.6 is 0 Å². The number of nitro benzene ring substituents is 1. The van der Waals surface area contributed by atoms with Gasteiger partial charge in [0, 0.05) is 31.4 Å². The van der Waals surface area contributed by atoms with Crippen LogP contribution in [0, 0.1) is 10.1 Å². The molecule has 24 heavy (non-hydrogen) atoms. The van der Waals surface area contributed by atoms with Gasteiger partial charge in [-0.1, -0.05) is 0 Å². The van der Waals surface area contributed by atoms with Gasteiger partial charge in [0.2, 0.25) is 10.0 Å². The molecule has 1 aromatic carbocycles. The van der Waals surface area contributed by atoms with Gasteiger partial charge >= 0.3 is 0 Å². The second kappa shape index (κ2) is 6.33. The third kappa shape index (κ3) is 3.46. The first-order chi connectivity index (χ1) is 11.3. The van der Waals surface area contributed by atoms with E-state index in [1.165, 1.54) is 6.07 Å². The summed E-state index contributed by atoms with van der Waals surface area (Å²) in [6.07, 6.45) is 4.14. The van der Waals surface area contributed by atoms with Crippen LogP contribution in [0.5, 0.6) is 0 Å². The smallest absolute Gasteiger partial charge is 0.278 e. The summed E-state index contributed by atoms with van der Waals surface area (Å²) in [4.78, 5) is 17.2. The zero-order valence-corrected chi connectivity index (χ0v) is 14.0. The van der Waals surface area contributed by atoms with Gasteiger partial charge in [-0.15, -0.1) is 0 Å². The fourth-order valence-corrected chi connectivity index (χ4v) is 3.94. The number of piperidine rings is 1. The van der Waals surface area contributed by atoms with Crippen molar-refractivity contribution in [2.75, 3.05) is 24.2 Å². The first-order valence-corrected chi connectivity index (χ1v) is 9.48. The molecule has 0 radical (unpaired) electrons. The Morgan fingerprint density at radius 3 is 2.62 bits per heavy atom. The van der Waals surface area contributed by atoms with Crippen molar-refractivity contribution in [2.24, 2.45) is 0 Å². The first-order valence-electron chi connectivity index (χ1n) is 7.59. The molecule has 1 aliphatic rings. The fourth-order valence-electron chi connectivity index (χ4n) is 3.10. The first kappa shape index (κ1) is 16.6. The van der Waals surface area contributed by atoms with Gasteiger partial charge in [0.1, 0.15) is 5.52 Å². The van der Waals surface area contributed by atoms with E-state index in [-0.39, 0.29) is 11.7 Å². The minimum Gasteiger partial charge on any atom is -0.370 e. The van der Waals surface area contributed by atoms with Crippen molar-refractivity contribution < 1.29 is 13.3 Å². The van der Waals surface area contributed by atoms with E-state index < -0.39 is 14.9 Å². The van der Waals surface area contributed by atoms with Crippen molar-refractivity contribution in [2.45, 2.75) is 18.9 Å². The van der Waals surface area contributed by atoms with Gasteiger partial charge in [0.15, 0.2) is 0 Å². The number of rotatable bonds is 4. The maximum absolute atomic E-state index is 11.3. The molecule has 0 saturated carbocycles. The normalized spacial score (nSPS) is 16.5. The van der Waals surface area contributed by atoms with E-state index in [1.807, 2.05) is 0 Å². The molecule has 1 N–H and O–H groups in total. The quantitative estimate of drug-likeness (QED) is 0.664. The Kier molecular flexibility index (Phi) is 4.37. The number of hydrogen-bond donors (Lipinski definition) is 1. The number of anilines is 1. The Morgan fingerprint density at radius 1 is 1.29 bits per heavy atom. The molecule has 1 fully saturated rings. The monoisotopic (exact) mass is 350 g/mol. The summed E-state index contributed by atoms with van der Waals surface area (Å²) >= 11 is 0. The van der Waals surface area contributed by atoms with E-state index in [4.69, 9.17) is 0 Å². The highest BCUT2D eigenvalue weighted by Crippen LogP contribution is 2.33. The highest BCUT2D eigenvalue weighted by molar-refractivity contribution is 7.88. The SMILES string of the molecule is CS(=O)(=O)NC1CCN(c2ccc([N+](=O)[O-])c3cccnc23)CC1. The average Bonchev–Trinajstić information content (AvgIpc) is 2.53. The number of nitrogens with zero attached hydrogens (tertiary/aromatic N) is 3. The van der Waals surface area contributed by atoms with Crippen molar-refractivity contribution in [3.63, 3.8) is 0 Å². The number of fused-ring (bicyclic) bond motifs is 1. The fraction of sp³-hybridized carbons (Fsp3) is 0.400. The Morgan fingerprint density at radius 2 is 2.00 bits per heavy atom. The molecule has 0 aliphatic carbocycles. The number of nitrogens with one attached hydrogen (secondary N) is 1. The third-order valence-electron chi connectivity index (χ3n) is 4.14. The predicted octanol–water partition coefficient (Wildman–Crippen LogP) is 1.66. The molecule has 1 aliphatic heterocycles. The molecule has 1 aromatic heterocycles. The summed E-state index contributed by atoms with van der Waals surface area (Å²) in [5.41, 5.74) is 1.48. The zero-order valence-electron chi connectivity index (χ0n) is 13.2. The maximum Gasteiger partial charge on any atom is 0.278 e. The molecule has 128 valence electrons. The molecule has 0 spiro atoms. The molecule has 1 saturated heterocycles. The molecular weight excluding hydrogens is 332 g/mol. The lowest BCUT2D eigenvalue weighted by atomic mass is 10.0. The largest absolute Gasteiger partial charge is 0.370 e. The van der Waals surface area contributed by atoms with E-state index in [0.29, 0.717) is 36.8 Å². The maximum atomic E-state index is 11.3. The highest BCUT2D eigenvalue weighted by Gasteiger charge is 2.24. The van der Waals surface area contributed by atoms with Gasteiger partial charge in [-0.05, 0) is 31.0 Å².